The van der Waals surface area contributed by atoms with E-state index in [2.05, 4.69) is 71.9 Å². The Labute approximate surface area is 160 Å². The molecule has 0 aliphatic heterocycles. The summed E-state index contributed by atoms with van der Waals surface area (Å²) in [6.45, 7) is 13.5. The Morgan fingerprint density at radius 1 is 0.920 bits per heavy atom. The summed E-state index contributed by atoms with van der Waals surface area (Å²) in [5.41, 5.74) is 4.55. The largest absolute Gasteiger partial charge is 0.0840 e. The third-order valence-electron chi connectivity index (χ3n) is 4.20. The monoisotopic (exact) mass is 358 g/mol. The van der Waals surface area contributed by atoms with Crippen LogP contribution in [0.2, 0.25) is 5.02 Å². The molecule has 0 aliphatic rings. The van der Waals surface area contributed by atoms with Crippen LogP contribution in [-0.2, 0) is 12.8 Å². The Morgan fingerprint density at radius 2 is 1.60 bits per heavy atom. The van der Waals surface area contributed by atoms with Crippen LogP contribution in [0, 0.1) is 18.3 Å². The molecule has 0 amide bonds. The van der Waals surface area contributed by atoms with E-state index in [1.165, 1.54) is 36.0 Å². The van der Waals surface area contributed by atoms with Crippen molar-refractivity contribution in [3.63, 3.8) is 0 Å². The number of halogens is 1. The van der Waals surface area contributed by atoms with Gasteiger partial charge in [0.1, 0.15) is 0 Å². The van der Waals surface area contributed by atoms with Crippen LogP contribution in [0.15, 0.2) is 48.5 Å². The number of rotatable bonds is 5. The molecule has 0 heterocycles. The molecule has 0 spiro atoms. The molecule has 2 rings (SSSR count). The number of aryl methyl sites for hydroxylation is 3. The maximum atomic E-state index is 6.01. The average molecular weight is 359 g/mol. The van der Waals surface area contributed by atoms with Gasteiger partial charge in [-0.1, -0.05) is 94.2 Å². The molecule has 138 valence electrons. The van der Waals surface area contributed by atoms with Crippen molar-refractivity contribution in [2.45, 2.75) is 67.2 Å². The molecule has 0 aliphatic carbocycles. The topological polar surface area (TPSA) is 0 Å². The summed E-state index contributed by atoms with van der Waals surface area (Å²) < 4.78 is 0. The SMILES string of the molecule is CC(C)CCc1ccccc1Cl.Cc1cccc(CCC(C)(C)C)c1. The molecule has 2 aromatic carbocycles. The normalized spacial score (nSPS) is 11.2. The van der Waals surface area contributed by atoms with Crippen molar-refractivity contribution < 1.29 is 0 Å². The maximum Gasteiger partial charge on any atom is 0.0437 e. The maximum absolute atomic E-state index is 6.01. The van der Waals surface area contributed by atoms with Crippen LogP contribution in [0.1, 0.15) is 64.2 Å². The molecule has 0 atom stereocenters. The minimum atomic E-state index is 0.448. The Morgan fingerprint density at radius 3 is 2.16 bits per heavy atom. The highest BCUT2D eigenvalue weighted by molar-refractivity contribution is 6.31. The molecule has 0 fully saturated rings. The first-order valence-electron chi connectivity index (χ1n) is 9.46. The van der Waals surface area contributed by atoms with Crippen molar-refractivity contribution in [1.82, 2.24) is 0 Å². The van der Waals surface area contributed by atoms with Gasteiger partial charge in [-0.2, -0.15) is 0 Å². The van der Waals surface area contributed by atoms with Crippen molar-refractivity contribution >= 4 is 11.6 Å². The summed E-state index contributed by atoms with van der Waals surface area (Å²) in [6, 6.07) is 16.9. The summed E-state index contributed by atoms with van der Waals surface area (Å²) in [6.07, 6.45) is 4.77. The van der Waals surface area contributed by atoms with Gasteiger partial charge in [-0.15, -0.1) is 0 Å². The van der Waals surface area contributed by atoms with Crippen molar-refractivity contribution in [1.29, 1.82) is 0 Å². The van der Waals surface area contributed by atoms with Gasteiger partial charge in [-0.05, 0) is 61.1 Å². The van der Waals surface area contributed by atoms with Crippen LogP contribution in [-0.4, -0.2) is 0 Å². The molecular formula is C24H35Cl. The van der Waals surface area contributed by atoms with E-state index in [0.717, 1.165) is 17.4 Å². The summed E-state index contributed by atoms with van der Waals surface area (Å²) in [5, 5.41) is 0.901. The first kappa shape index (κ1) is 21.8. The zero-order valence-corrected chi connectivity index (χ0v) is 17.7. The summed E-state index contributed by atoms with van der Waals surface area (Å²) >= 11 is 6.01. The van der Waals surface area contributed by atoms with E-state index >= 15 is 0 Å². The molecule has 0 aromatic heterocycles. The van der Waals surface area contributed by atoms with Crippen molar-refractivity contribution in [2.75, 3.05) is 0 Å². The minimum absolute atomic E-state index is 0.448. The second-order valence-corrected chi connectivity index (χ2v) is 8.98. The Bertz CT molecular complexity index is 620. The standard InChI is InChI=1S/C13H20.C11H15Cl/c1-11-6-5-7-12(10-11)8-9-13(2,3)4;1-9(2)7-8-10-5-3-4-6-11(10)12/h5-7,10H,8-9H2,1-4H3;3-6,9H,7-8H2,1-2H3. The summed E-state index contributed by atoms with van der Waals surface area (Å²) in [4.78, 5) is 0. The Balaban J connectivity index is 0.000000251. The van der Waals surface area contributed by atoms with Gasteiger partial charge in [-0.25, -0.2) is 0 Å². The Kier molecular flexibility index (Phi) is 9.28. The lowest BCUT2D eigenvalue weighted by Gasteiger charge is -2.17. The van der Waals surface area contributed by atoms with Crippen LogP contribution in [0.4, 0.5) is 0 Å². The third kappa shape index (κ3) is 10.3. The molecule has 0 unspecified atom stereocenters. The predicted molar refractivity (Wildman–Crippen MR) is 114 cm³/mol. The molecule has 0 saturated heterocycles. The van der Waals surface area contributed by atoms with E-state index in [1.54, 1.807) is 0 Å². The van der Waals surface area contributed by atoms with Gasteiger partial charge in [0.05, 0.1) is 0 Å². The summed E-state index contributed by atoms with van der Waals surface area (Å²) in [5.74, 6) is 0.751. The summed E-state index contributed by atoms with van der Waals surface area (Å²) in [7, 11) is 0. The van der Waals surface area contributed by atoms with Crippen molar-refractivity contribution in [2.24, 2.45) is 11.3 Å². The minimum Gasteiger partial charge on any atom is -0.0840 e. The van der Waals surface area contributed by atoms with Crippen molar-refractivity contribution in [3.8, 4) is 0 Å². The van der Waals surface area contributed by atoms with Crippen LogP contribution in [0.3, 0.4) is 0 Å². The van der Waals surface area contributed by atoms with Gasteiger partial charge in [0.2, 0.25) is 0 Å². The average Bonchev–Trinajstić information content (AvgIpc) is 2.52. The van der Waals surface area contributed by atoms with Gasteiger partial charge in [0, 0.05) is 5.02 Å². The van der Waals surface area contributed by atoms with E-state index in [1.807, 2.05) is 18.2 Å². The zero-order valence-electron chi connectivity index (χ0n) is 16.9. The van der Waals surface area contributed by atoms with E-state index in [9.17, 15) is 0 Å². The van der Waals surface area contributed by atoms with Gasteiger partial charge in [-0.3, -0.25) is 0 Å². The molecular weight excluding hydrogens is 324 g/mol. The zero-order chi connectivity index (χ0) is 18.9. The fraction of sp³-hybridized carbons (Fsp3) is 0.500. The lowest BCUT2D eigenvalue weighted by molar-refractivity contribution is 0.378. The molecule has 0 saturated carbocycles. The third-order valence-corrected chi connectivity index (χ3v) is 4.56. The van der Waals surface area contributed by atoms with Gasteiger partial charge in [0.15, 0.2) is 0 Å². The van der Waals surface area contributed by atoms with Crippen LogP contribution in [0.25, 0.3) is 0 Å². The van der Waals surface area contributed by atoms with Crippen LogP contribution in [0.5, 0.6) is 0 Å². The van der Waals surface area contributed by atoms with E-state index in [0.29, 0.717) is 5.41 Å². The van der Waals surface area contributed by atoms with Gasteiger partial charge in [0.25, 0.3) is 0 Å². The lowest BCUT2D eigenvalue weighted by Crippen LogP contribution is -2.06. The molecule has 25 heavy (non-hydrogen) atoms. The molecule has 1 heteroatoms. The molecule has 0 bridgehead atoms. The fourth-order valence-corrected chi connectivity index (χ4v) is 2.76. The lowest BCUT2D eigenvalue weighted by atomic mass is 9.88. The van der Waals surface area contributed by atoms with Crippen molar-refractivity contribution in [3.05, 3.63) is 70.2 Å². The van der Waals surface area contributed by atoms with Crippen LogP contribution < -0.4 is 0 Å². The van der Waals surface area contributed by atoms with Crippen LogP contribution >= 0.6 is 11.6 Å². The highest BCUT2D eigenvalue weighted by Crippen LogP contribution is 2.21. The molecule has 2 aromatic rings. The smallest absolute Gasteiger partial charge is 0.0437 e. The molecule has 0 N–H and O–H groups in total. The van der Waals surface area contributed by atoms with E-state index in [4.69, 9.17) is 11.6 Å². The number of hydrogen-bond donors (Lipinski definition) is 0. The highest BCUT2D eigenvalue weighted by Gasteiger charge is 2.09. The Hall–Kier alpha value is -1.27. The number of hydrogen-bond acceptors (Lipinski definition) is 0. The quantitative estimate of drug-likeness (QED) is 0.509. The number of benzene rings is 2. The second kappa shape index (κ2) is 10.7. The molecule has 0 nitrogen and oxygen atoms in total. The fourth-order valence-electron chi connectivity index (χ4n) is 2.53. The molecule has 0 radical (unpaired) electrons. The first-order chi connectivity index (χ1) is 11.7. The van der Waals surface area contributed by atoms with Gasteiger partial charge >= 0.3 is 0 Å². The first-order valence-corrected chi connectivity index (χ1v) is 9.84. The van der Waals surface area contributed by atoms with Gasteiger partial charge < -0.3 is 0 Å². The van der Waals surface area contributed by atoms with E-state index in [-0.39, 0.29) is 0 Å². The second-order valence-electron chi connectivity index (χ2n) is 8.57. The highest BCUT2D eigenvalue weighted by atomic mass is 35.5. The predicted octanol–water partition coefficient (Wildman–Crippen LogP) is 7.90. The van der Waals surface area contributed by atoms with E-state index < -0.39 is 0 Å².